The van der Waals surface area contributed by atoms with Crippen LogP contribution in [0.25, 0.3) is 0 Å². The minimum absolute atomic E-state index is 0.0296. The predicted molar refractivity (Wildman–Crippen MR) is 454 cm³/mol. The van der Waals surface area contributed by atoms with E-state index in [1.54, 1.807) is 0 Å². The van der Waals surface area contributed by atoms with Crippen LogP contribution in [0, 0.1) is 0 Å². The number of hydrogen-bond acceptors (Lipinski definition) is 15. The summed E-state index contributed by atoms with van der Waals surface area (Å²) in [4.78, 5) is 73.2. The molecule has 0 aromatic rings. The van der Waals surface area contributed by atoms with E-state index in [-0.39, 0.29) is 25.7 Å². The SMILES string of the molecule is CC/C=C\C/C=C\C/C=C\C/C=C\C/C=C\CCCCCC(=O)OCC(COP(=O)(O)OCC(O)COP(=O)(O)OCC(COC(=O)CCCCCCCC/C=C\C/C=C\C/C=C\C/C=C\CC)OC(=O)CCCC/C=C\C/C=C\C/C=C\C/C=C\CC)OC(=O)CCCCCC/C=C\C/C=C\C/C=C\C/C=C\CC. The second kappa shape index (κ2) is 80.7. The molecule has 3 N–H and O–H groups in total. The fraction of sp³-hybridized carbons (Fsp3) is 0.582. The monoisotopic (exact) mass is 1570 g/mol. The van der Waals surface area contributed by atoms with E-state index >= 15 is 0 Å². The van der Waals surface area contributed by atoms with Gasteiger partial charge in [-0.2, -0.15) is 0 Å². The summed E-state index contributed by atoms with van der Waals surface area (Å²) in [7, 11) is -10.0. The van der Waals surface area contributed by atoms with Crippen LogP contribution in [-0.4, -0.2) is 96.7 Å². The van der Waals surface area contributed by atoms with Gasteiger partial charge in [-0.3, -0.25) is 37.3 Å². The van der Waals surface area contributed by atoms with Gasteiger partial charge in [-0.1, -0.05) is 279 Å². The summed E-state index contributed by atoms with van der Waals surface area (Å²) in [6, 6.07) is 0. The zero-order valence-electron chi connectivity index (χ0n) is 67.8. The van der Waals surface area contributed by atoms with Gasteiger partial charge in [0.15, 0.2) is 12.2 Å². The van der Waals surface area contributed by atoms with E-state index in [1.807, 2.05) is 0 Å². The Kier molecular flexibility index (Phi) is 76.0. The van der Waals surface area contributed by atoms with Gasteiger partial charge in [-0.25, -0.2) is 9.13 Å². The number of aliphatic hydroxyl groups is 1. The number of esters is 4. The summed E-state index contributed by atoms with van der Waals surface area (Å²) in [6.45, 7) is 4.27. The number of unbranched alkanes of at least 4 members (excludes halogenated alkanes) is 15. The summed E-state index contributed by atoms with van der Waals surface area (Å²) in [5, 5.41) is 10.7. The molecule has 0 aromatic carbocycles. The van der Waals surface area contributed by atoms with Crippen molar-refractivity contribution < 1.29 is 80.2 Å². The quantitative estimate of drug-likeness (QED) is 0.0169. The van der Waals surface area contributed by atoms with E-state index in [2.05, 4.69) is 234 Å². The Balaban J connectivity index is 5.50. The maximum absolute atomic E-state index is 13.1. The number of carbonyl (C=O) groups is 4. The fourth-order valence-corrected chi connectivity index (χ4v) is 11.7. The number of ether oxygens (including phenoxy) is 4. The van der Waals surface area contributed by atoms with E-state index in [9.17, 15) is 43.2 Å². The average Bonchev–Trinajstić information content (AvgIpc) is 0.906. The second-order valence-electron chi connectivity index (χ2n) is 26.5. The average molecular weight is 1570 g/mol. The molecule has 0 heterocycles. The van der Waals surface area contributed by atoms with Gasteiger partial charge >= 0.3 is 39.5 Å². The van der Waals surface area contributed by atoms with Crippen molar-refractivity contribution in [3.63, 3.8) is 0 Å². The molecule has 0 saturated carbocycles. The third-order valence-corrected chi connectivity index (χ3v) is 18.1. The lowest BCUT2D eigenvalue weighted by Gasteiger charge is -2.21. The Morgan fingerprint density at radius 3 is 0.709 bits per heavy atom. The summed E-state index contributed by atoms with van der Waals surface area (Å²) >= 11 is 0. The third-order valence-electron chi connectivity index (χ3n) is 16.2. The maximum Gasteiger partial charge on any atom is 0.472 e. The minimum atomic E-state index is -5.01. The lowest BCUT2D eigenvalue weighted by atomic mass is 10.1. The standard InChI is InChI=1S/C91H144O17P2/c1-5-9-13-17-21-25-29-33-37-40-42-45-48-51-55-59-63-67-71-75-88(93)101-81-86(107-90(95)77-73-69-65-61-57-53-47-36-32-28-24-20-16-12-8-4)83-105-109(97,98)103-79-85(92)80-104-110(99,100)106-84-87(108-91(96)78-74-70-66-62-58-54-50-44-39-35-31-27-23-19-15-11-7-3)82-102-89(94)76-72-68-64-60-56-52-49-46-43-41-38-34-30-26-22-18-14-10-6-2/h9-16,21-28,33-39,42-43,45-47,50,52,54,56-57,61,85-87,92H,5-8,17-20,29-32,40-41,44,48-49,51,53,55,58-60,62-84H2,1-4H3,(H,97,98)(H,99,100)/b13-9-,14-10-,15-11-,16-12-,25-21-,26-22-,27-23-,28-24-,37-33-,38-34-,39-35-,45-42-,46-43-,47-36-,54-50-,56-52-,61-57-. The third kappa shape index (κ3) is 79.7. The van der Waals surface area contributed by atoms with Crippen LogP contribution in [0.4, 0.5) is 0 Å². The Morgan fingerprint density at radius 2 is 0.445 bits per heavy atom. The highest BCUT2D eigenvalue weighted by Crippen LogP contribution is 2.45. The van der Waals surface area contributed by atoms with E-state index < -0.39 is 97.5 Å². The van der Waals surface area contributed by atoms with Gasteiger partial charge < -0.3 is 33.8 Å². The van der Waals surface area contributed by atoms with Crippen LogP contribution in [0.3, 0.4) is 0 Å². The van der Waals surface area contributed by atoms with Crippen molar-refractivity contribution in [1.29, 1.82) is 0 Å². The Hall–Kier alpha value is -6.36. The van der Waals surface area contributed by atoms with Gasteiger partial charge in [0.2, 0.25) is 0 Å². The van der Waals surface area contributed by atoms with Crippen LogP contribution < -0.4 is 0 Å². The summed E-state index contributed by atoms with van der Waals surface area (Å²) in [5.41, 5.74) is 0. The van der Waals surface area contributed by atoms with Crippen LogP contribution in [-0.2, 0) is 65.4 Å². The molecule has 110 heavy (non-hydrogen) atoms. The van der Waals surface area contributed by atoms with Crippen LogP contribution in [0.5, 0.6) is 0 Å². The van der Waals surface area contributed by atoms with E-state index in [1.165, 1.54) is 0 Å². The molecule has 0 radical (unpaired) electrons. The molecule has 5 unspecified atom stereocenters. The van der Waals surface area contributed by atoms with Gasteiger partial charge in [-0.15, -0.1) is 0 Å². The molecule has 0 aromatic heterocycles. The number of hydrogen-bond donors (Lipinski definition) is 3. The van der Waals surface area contributed by atoms with Gasteiger partial charge in [0.25, 0.3) is 0 Å². The number of phosphoric ester groups is 2. The van der Waals surface area contributed by atoms with E-state index in [0.29, 0.717) is 32.1 Å². The van der Waals surface area contributed by atoms with Crippen LogP contribution in [0.15, 0.2) is 207 Å². The molecule has 0 aliphatic heterocycles. The molecule has 19 heteroatoms. The molecular weight excluding hydrogens is 1430 g/mol. The second-order valence-corrected chi connectivity index (χ2v) is 29.4. The maximum atomic E-state index is 13.1. The minimum Gasteiger partial charge on any atom is -0.462 e. The molecular formula is C91H144O17P2. The molecule has 0 fully saturated rings. The highest BCUT2D eigenvalue weighted by molar-refractivity contribution is 7.47. The number of aliphatic hydroxyl groups excluding tert-OH is 1. The predicted octanol–water partition coefficient (Wildman–Crippen LogP) is 24.7. The molecule has 0 aliphatic carbocycles. The molecule has 0 saturated heterocycles. The molecule has 0 bridgehead atoms. The number of carbonyl (C=O) groups excluding carboxylic acids is 4. The molecule has 620 valence electrons. The van der Waals surface area contributed by atoms with Crippen molar-refractivity contribution in [3.05, 3.63) is 207 Å². The largest absolute Gasteiger partial charge is 0.472 e. The summed E-state index contributed by atoms with van der Waals surface area (Å²) in [5.74, 6) is -2.32. The molecule has 0 spiro atoms. The molecule has 0 aliphatic rings. The topological polar surface area (TPSA) is 237 Å². The highest BCUT2D eigenvalue weighted by atomic mass is 31.2. The molecule has 0 amide bonds. The fourth-order valence-electron chi connectivity index (χ4n) is 10.1. The van der Waals surface area contributed by atoms with Crippen molar-refractivity contribution in [2.45, 2.75) is 303 Å². The zero-order valence-corrected chi connectivity index (χ0v) is 69.6. The van der Waals surface area contributed by atoms with E-state index in [0.717, 1.165) is 199 Å². The van der Waals surface area contributed by atoms with Crippen molar-refractivity contribution in [1.82, 2.24) is 0 Å². The lowest BCUT2D eigenvalue weighted by molar-refractivity contribution is -0.161. The number of phosphoric acid groups is 2. The van der Waals surface area contributed by atoms with Crippen molar-refractivity contribution >= 4 is 39.5 Å². The normalized spacial score (nSPS) is 14.9. The first-order valence-corrected chi connectivity index (χ1v) is 44.3. The summed E-state index contributed by atoms with van der Waals surface area (Å²) < 4.78 is 68.6. The number of allylic oxidation sites excluding steroid dienone is 34. The Bertz CT molecular complexity index is 2900. The Labute approximate surface area is 665 Å². The van der Waals surface area contributed by atoms with Gasteiger partial charge in [-0.05, 0) is 186 Å². The molecule has 17 nitrogen and oxygen atoms in total. The first-order chi connectivity index (χ1) is 53.7. The van der Waals surface area contributed by atoms with Crippen molar-refractivity contribution in [2.24, 2.45) is 0 Å². The highest BCUT2D eigenvalue weighted by Gasteiger charge is 2.30. The van der Waals surface area contributed by atoms with Crippen molar-refractivity contribution in [3.8, 4) is 0 Å². The van der Waals surface area contributed by atoms with Gasteiger partial charge in [0.1, 0.15) is 19.3 Å². The first kappa shape index (κ1) is 104. The molecule has 0 rings (SSSR count). The van der Waals surface area contributed by atoms with E-state index in [4.69, 9.17) is 37.0 Å². The van der Waals surface area contributed by atoms with Crippen LogP contribution in [0.2, 0.25) is 0 Å². The lowest BCUT2D eigenvalue weighted by Crippen LogP contribution is -2.30. The summed E-state index contributed by atoms with van der Waals surface area (Å²) in [6.07, 6.45) is 101. The van der Waals surface area contributed by atoms with Crippen molar-refractivity contribution in [2.75, 3.05) is 39.6 Å². The van der Waals surface area contributed by atoms with Gasteiger partial charge in [0, 0.05) is 25.7 Å². The molecule has 5 atom stereocenters. The van der Waals surface area contributed by atoms with Crippen LogP contribution >= 0.6 is 15.6 Å². The Morgan fingerprint density at radius 1 is 0.255 bits per heavy atom. The van der Waals surface area contributed by atoms with Crippen LogP contribution in [0.1, 0.15) is 285 Å². The smallest absolute Gasteiger partial charge is 0.462 e. The first-order valence-electron chi connectivity index (χ1n) is 41.3. The van der Waals surface area contributed by atoms with Gasteiger partial charge in [0.05, 0.1) is 26.4 Å². The zero-order chi connectivity index (χ0) is 80.3. The number of rotatable bonds is 75.